The summed E-state index contributed by atoms with van der Waals surface area (Å²) in [5.74, 6) is -0.546. The van der Waals surface area contributed by atoms with E-state index in [0.717, 1.165) is 6.42 Å². The van der Waals surface area contributed by atoms with E-state index in [0.29, 0.717) is 25.4 Å². The molecule has 3 aliphatic rings. The molecule has 1 N–H and O–H groups in total. The Bertz CT molecular complexity index is 929. The van der Waals surface area contributed by atoms with Crippen LogP contribution in [0, 0.1) is 11.8 Å². The molecule has 3 heterocycles. The number of rotatable bonds is 5. The first-order chi connectivity index (χ1) is 15.0. The molecule has 0 radical (unpaired) electrons. The number of hydrogen-bond donors (Lipinski definition) is 1. The number of nitrogens with zero attached hydrogens (tertiary/aromatic N) is 2. The van der Waals surface area contributed by atoms with Gasteiger partial charge in [0, 0.05) is 37.9 Å². The maximum Gasteiger partial charge on any atom is 0.245 e. The fourth-order valence-electron chi connectivity index (χ4n) is 5.51. The summed E-state index contributed by atoms with van der Waals surface area (Å²) in [6.45, 7) is 8.90. The van der Waals surface area contributed by atoms with Crippen LogP contribution in [0.5, 0.6) is 0 Å². The fourth-order valence-corrected chi connectivity index (χ4v) is 5.51. The van der Waals surface area contributed by atoms with Gasteiger partial charge in [-0.3, -0.25) is 14.4 Å². The average Bonchev–Trinajstić information content (AvgIpc) is 3.36. The monoisotopic (exact) mass is 443 g/mol. The highest BCUT2D eigenvalue weighted by Gasteiger charge is 2.46. The van der Waals surface area contributed by atoms with E-state index in [-0.39, 0.29) is 43.1 Å². The van der Waals surface area contributed by atoms with Crippen LogP contribution >= 0.6 is 0 Å². The van der Waals surface area contributed by atoms with Gasteiger partial charge in [-0.05, 0) is 49.3 Å². The van der Waals surface area contributed by atoms with Crippen molar-refractivity contribution in [3.05, 3.63) is 34.9 Å². The van der Waals surface area contributed by atoms with E-state index in [2.05, 4.69) is 31.3 Å². The van der Waals surface area contributed by atoms with Gasteiger partial charge >= 0.3 is 0 Å². The van der Waals surface area contributed by atoms with Gasteiger partial charge in [-0.2, -0.15) is 0 Å². The predicted octanol–water partition coefficient (Wildman–Crippen LogP) is 2.97. The van der Waals surface area contributed by atoms with Crippen molar-refractivity contribution < 1.29 is 18.8 Å². The van der Waals surface area contributed by atoms with E-state index in [4.69, 9.17) is 0 Å². The standard InChI is InChI=1S/C25H34FN3O3/c1-15(2)8-17-6-5-7-18-12-28(13-20(17)18)22(30)10-19-9-21(27-23(19)31)24(32)29-14-25(4,26)11-16(29)3/h5-7,15-16,19,21H,8-14H2,1-4H3,(H,27,31)/t16-,19+,21+,25?/m1/s1. The lowest BCUT2D eigenvalue weighted by molar-refractivity contribution is -0.135. The number of halogens is 1. The molecule has 0 bridgehead atoms. The van der Waals surface area contributed by atoms with Crippen LogP contribution < -0.4 is 5.32 Å². The van der Waals surface area contributed by atoms with Gasteiger partial charge in [-0.25, -0.2) is 4.39 Å². The van der Waals surface area contributed by atoms with E-state index < -0.39 is 17.6 Å². The quantitative estimate of drug-likeness (QED) is 0.761. The Morgan fingerprint density at radius 2 is 2.03 bits per heavy atom. The summed E-state index contributed by atoms with van der Waals surface area (Å²) in [6.07, 6.45) is 1.66. The number of benzene rings is 1. The van der Waals surface area contributed by atoms with Gasteiger partial charge in [0.25, 0.3) is 0 Å². The molecule has 4 atom stereocenters. The minimum atomic E-state index is -1.40. The van der Waals surface area contributed by atoms with Gasteiger partial charge in [-0.1, -0.05) is 32.0 Å². The lowest BCUT2D eigenvalue weighted by atomic mass is 9.96. The number of carbonyl (C=O) groups is 3. The van der Waals surface area contributed by atoms with Crippen molar-refractivity contribution in [1.82, 2.24) is 15.1 Å². The molecule has 0 saturated carbocycles. The molecule has 2 fully saturated rings. The first-order valence-corrected chi connectivity index (χ1v) is 11.7. The van der Waals surface area contributed by atoms with Gasteiger partial charge in [-0.15, -0.1) is 0 Å². The zero-order chi connectivity index (χ0) is 23.2. The highest BCUT2D eigenvalue weighted by molar-refractivity contribution is 5.94. The molecule has 1 aromatic carbocycles. The van der Waals surface area contributed by atoms with Crippen molar-refractivity contribution in [3.8, 4) is 0 Å². The van der Waals surface area contributed by atoms with E-state index in [1.807, 2.05) is 17.9 Å². The van der Waals surface area contributed by atoms with Crippen LogP contribution in [-0.4, -0.2) is 51.8 Å². The first kappa shape index (κ1) is 22.7. The van der Waals surface area contributed by atoms with Crippen molar-refractivity contribution in [2.45, 2.75) is 84.2 Å². The molecule has 174 valence electrons. The number of fused-ring (bicyclic) bond motifs is 1. The van der Waals surface area contributed by atoms with E-state index in [1.165, 1.54) is 28.5 Å². The zero-order valence-corrected chi connectivity index (χ0v) is 19.5. The summed E-state index contributed by atoms with van der Waals surface area (Å²) in [7, 11) is 0. The predicted molar refractivity (Wildman–Crippen MR) is 119 cm³/mol. The Morgan fingerprint density at radius 1 is 1.28 bits per heavy atom. The Labute approximate surface area is 189 Å². The minimum Gasteiger partial charge on any atom is -0.344 e. The molecule has 4 rings (SSSR count). The topological polar surface area (TPSA) is 69.7 Å². The first-order valence-electron chi connectivity index (χ1n) is 11.7. The number of hydrogen-bond acceptors (Lipinski definition) is 3. The van der Waals surface area contributed by atoms with Crippen LogP contribution in [0.2, 0.25) is 0 Å². The van der Waals surface area contributed by atoms with E-state index in [9.17, 15) is 18.8 Å². The second-order valence-corrected chi connectivity index (χ2v) is 10.5. The third-order valence-electron chi connectivity index (χ3n) is 7.02. The Morgan fingerprint density at radius 3 is 2.69 bits per heavy atom. The maximum absolute atomic E-state index is 14.3. The molecule has 1 unspecified atom stereocenters. The molecule has 0 aromatic heterocycles. The van der Waals surface area contributed by atoms with Gasteiger partial charge in [0.1, 0.15) is 11.7 Å². The molecule has 32 heavy (non-hydrogen) atoms. The van der Waals surface area contributed by atoms with Crippen LogP contribution in [0.3, 0.4) is 0 Å². The maximum atomic E-state index is 14.3. The third-order valence-corrected chi connectivity index (χ3v) is 7.02. The van der Waals surface area contributed by atoms with Crippen molar-refractivity contribution in [2.24, 2.45) is 11.8 Å². The van der Waals surface area contributed by atoms with Crippen LogP contribution in [0.25, 0.3) is 0 Å². The Hall–Kier alpha value is -2.44. The van der Waals surface area contributed by atoms with Crippen LogP contribution in [0.1, 0.15) is 63.6 Å². The minimum absolute atomic E-state index is 0.0493. The van der Waals surface area contributed by atoms with Crippen LogP contribution in [0.4, 0.5) is 4.39 Å². The highest BCUT2D eigenvalue weighted by atomic mass is 19.1. The summed E-state index contributed by atoms with van der Waals surface area (Å²) < 4.78 is 14.3. The fraction of sp³-hybridized carbons (Fsp3) is 0.640. The van der Waals surface area contributed by atoms with Crippen LogP contribution in [0.15, 0.2) is 18.2 Å². The second-order valence-electron chi connectivity index (χ2n) is 10.5. The van der Waals surface area contributed by atoms with Crippen molar-refractivity contribution in [3.63, 3.8) is 0 Å². The van der Waals surface area contributed by atoms with Gasteiger partial charge in [0.15, 0.2) is 0 Å². The highest BCUT2D eigenvalue weighted by Crippen LogP contribution is 2.33. The third kappa shape index (κ3) is 4.52. The summed E-state index contributed by atoms with van der Waals surface area (Å²) in [5.41, 5.74) is 2.30. The lowest BCUT2D eigenvalue weighted by Crippen LogP contribution is -2.46. The van der Waals surface area contributed by atoms with Gasteiger partial charge in [0.2, 0.25) is 17.7 Å². The van der Waals surface area contributed by atoms with Gasteiger partial charge in [0.05, 0.1) is 6.54 Å². The van der Waals surface area contributed by atoms with E-state index in [1.54, 1.807) is 0 Å². The molecular formula is C25H34FN3O3. The van der Waals surface area contributed by atoms with Crippen molar-refractivity contribution in [2.75, 3.05) is 6.54 Å². The van der Waals surface area contributed by atoms with Crippen LogP contribution in [-0.2, 0) is 33.9 Å². The number of nitrogens with one attached hydrogen (secondary N) is 1. The number of amides is 3. The Kier molecular flexibility index (Phi) is 6.03. The van der Waals surface area contributed by atoms with Crippen molar-refractivity contribution >= 4 is 17.7 Å². The number of carbonyl (C=O) groups excluding carboxylic acids is 3. The number of likely N-dealkylation sites (tertiary alicyclic amines) is 1. The van der Waals surface area contributed by atoms with Crippen molar-refractivity contribution in [1.29, 1.82) is 0 Å². The molecule has 2 saturated heterocycles. The lowest BCUT2D eigenvalue weighted by Gasteiger charge is -2.24. The molecule has 3 aliphatic heterocycles. The van der Waals surface area contributed by atoms with Gasteiger partial charge < -0.3 is 15.1 Å². The molecule has 0 spiro atoms. The molecule has 0 aliphatic carbocycles. The molecular weight excluding hydrogens is 409 g/mol. The SMILES string of the molecule is CC(C)Cc1cccc2c1CN(C(=O)C[C@@H]1C[C@@H](C(=O)N3CC(C)(F)C[C@H]3C)NC1=O)C2. The molecule has 3 amide bonds. The summed E-state index contributed by atoms with van der Waals surface area (Å²) in [4.78, 5) is 41.8. The Balaban J connectivity index is 1.36. The summed E-state index contributed by atoms with van der Waals surface area (Å²) in [6, 6.07) is 5.38. The summed E-state index contributed by atoms with van der Waals surface area (Å²) >= 11 is 0. The zero-order valence-electron chi connectivity index (χ0n) is 19.5. The summed E-state index contributed by atoms with van der Waals surface area (Å²) in [5, 5.41) is 2.75. The smallest absolute Gasteiger partial charge is 0.245 e. The van der Waals surface area contributed by atoms with E-state index >= 15 is 0 Å². The normalized spacial score (nSPS) is 29.6. The second kappa shape index (κ2) is 8.49. The molecule has 6 nitrogen and oxygen atoms in total. The largest absolute Gasteiger partial charge is 0.344 e. The number of alkyl halides is 1. The molecule has 7 heteroatoms. The average molecular weight is 444 g/mol. The molecule has 1 aromatic rings.